The molecular formula is C25H22N2O4. The molecule has 6 nitrogen and oxygen atoms in total. The van der Waals surface area contributed by atoms with Gasteiger partial charge in [0.25, 0.3) is 5.91 Å². The predicted molar refractivity (Wildman–Crippen MR) is 116 cm³/mol. The Hall–Kier alpha value is -3.64. The Morgan fingerprint density at radius 1 is 0.839 bits per heavy atom. The minimum atomic E-state index is -0.905. The number of aromatic hydroxyl groups is 1. The molecule has 3 atom stereocenters. The minimum Gasteiger partial charge on any atom is -0.508 e. The molecule has 0 bridgehead atoms. The maximum Gasteiger partial charge on any atom is 0.266 e. The van der Waals surface area contributed by atoms with Crippen LogP contribution >= 0.6 is 0 Å². The van der Waals surface area contributed by atoms with Gasteiger partial charge < -0.3 is 5.11 Å². The summed E-state index contributed by atoms with van der Waals surface area (Å²) in [5.41, 5.74) is 3.24. The molecule has 3 aromatic carbocycles. The number of hydrogen-bond donors (Lipinski definition) is 1. The Morgan fingerprint density at radius 3 is 2.16 bits per heavy atom. The largest absolute Gasteiger partial charge is 0.508 e. The molecule has 2 amide bonds. The van der Waals surface area contributed by atoms with Crippen LogP contribution in [0.3, 0.4) is 0 Å². The van der Waals surface area contributed by atoms with Crippen molar-refractivity contribution in [2.45, 2.75) is 25.5 Å². The first-order valence-electron chi connectivity index (χ1n) is 10.3. The lowest BCUT2D eigenvalue weighted by atomic mass is 9.90. The van der Waals surface area contributed by atoms with Gasteiger partial charge in [-0.3, -0.25) is 14.4 Å². The second-order valence-electron chi connectivity index (χ2n) is 7.78. The molecule has 0 spiro atoms. The van der Waals surface area contributed by atoms with Crippen LogP contribution in [0, 0.1) is 5.92 Å². The highest BCUT2D eigenvalue weighted by Gasteiger charge is 2.60. The molecule has 5 rings (SSSR count). The number of nitrogens with zero attached hydrogens (tertiary/aromatic N) is 2. The van der Waals surface area contributed by atoms with Gasteiger partial charge in [0.2, 0.25) is 5.91 Å². The molecule has 2 aliphatic heterocycles. The zero-order chi connectivity index (χ0) is 21.5. The highest BCUT2D eigenvalue weighted by Crippen LogP contribution is 2.47. The second-order valence-corrected chi connectivity index (χ2v) is 7.78. The fourth-order valence-corrected chi connectivity index (χ4v) is 4.36. The highest BCUT2D eigenvalue weighted by atomic mass is 16.7. The topological polar surface area (TPSA) is 70.1 Å². The molecule has 2 saturated heterocycles. The van der Waals surface area contributed by atoms with Gasteiger partial charge in [0.1, 0.15) is 11.7 Å². The third-order valence-corrected chi connectivity index (χ3v) is 5.96. The van der Waals surface area contributed by atoms with Crippen molar-refractivity contribution >= 4 is 23.2 Å². The highest BCUT2D eigenvalue weighted by molar-refractivity contribution is 6.23. The zero-order valence-corrected chi connectivity index (χ0v) is 17.0. The lowest BCUT2D eigenvalue weighted by molar-refractivity contribution is -0.126. The van der Waals surface area contributed by atoms with Gasteiger partial charge in [-0.1, -0.05) is 49.4 Å². The van der Waals surface area contributed by atoms with Crippen LogP contribution < -0.4 is 9.96 Å². The first-order chi connectivity index (χ1) is 15.1. The molecule has 2 aliphatic rings. The molecule has 0 unspecified atom stereocenters. The number of rotatable bonds is 4. The molecule has 31 heavy (non-hydrogen) atoms. The second kappa shape index (κ2) is 7.56. The van der Waals surface area contributed by atoms with Gasteiger partial charge in [-0.05, 0) is 53.9 Å². The molecule has 2 fully saturated rings. The number of amides is 2. The van der Waals surface area contributed by atoms with Gasteiger partial charge in [0, 0.05) is 0 Å². The molecule has 0 saturated carbocycles. The summed E-state index contributed by atoms with van der Waals surface area (Å²) < 4.78 is 0. The number of imide groups is 1. The van der Waals surface area contributed by atoms with Crippen molar-refractivity contribution in [3.63, 3.8) is 0 Å². The fraction of sp³-hybridized carbons (Fsp3) is 0.200. The average Bonchev–Trinajstić information content (AvgIpc) is 3.31. The van der Waals surface area contributed by atoms with E-state index in [9.17, 15) is 14.7 Å². The minimum absolute atomic E-state index is 0.136. The molecular weight excluding hydrogens is 392 g/mol. The van der Waals surface area contributed by atoms with Crippen LogP contribution in [0.25, 0.3) is 0 Å². The van der Waals surface area contributed by atoms with E-state index in [1.807, 2.05) is 42.5 Å². The van der Waals surface area contributed by atoms with E-state index in [0.717, 1.165) is 23.2 Å². The van der Waals surface area contributed by atoms with E-state index in [4.69, 9.17) is 4.84 Å². The van der Waals surface area contributed by atoms with Crippen molar-refractivity contribution in [3.05, 3.63) is 90.0 Å². The number of benzene rings is 3. The van der Waals surface area contributed by atoms with Crippen molar-refractivity contribution in [3.8, 4) is 5.75 Å². The van der Waals surface area contributed by atoms with E-state index in [1.54, 1.807) is 41.5 Å². The Morgan fingerprint density at radius 2 is 1.52 bits per heavy atom. The van der Waals surface area contributed by atoms with Crippen LogP contribution in [0.4, 0.5) is 11.4 Å². The molecule has 0 aromatic heterocycles. The van der Waals surface area contributed by atoms with Crippen LogP contribution in [-0.2, 0) is 20.8 Å². The summed E-state index contributed by atoms with van der Waals surface area (Å²) in [6.45, 7) is 2.06. The summed E-state index contributed by atoms with van der Waals surface area (Å²) in [4.78, 5) is 34.1. The maximum atomic E-state index is 13.5. The number of aryl methyl sites for hydroxylation is 1. The summed E-state index contributed by atoms with van der Waals surface area (Å²) in [5, 5.41) is 11.4. The number of hydrogen-bond acceptors (Lipinski definition) is 5. The smallest absolute Gasteiger partial charge is 0.266 e. The number of hydroxylamine groups is 1. The van der Waals surface area contributed by atoms with Gasteiger partial charge in [0.15, 0.2) is 6.10 Å². The van der Waals surface area contributed by atoms with E-state index in [-0.39, 0.29) is 17.6 Å². The molecule has 1 N–H and O–H groups in total. The summed E-state index contributed by atoms with van der Waals surface area (Å²) in [6.07, 6.45) is -0.0248. The van der Waals surface area contributed by atoms with Crippen molar-refractivity contribution < 1.29 is 19.5 Å². The average molecular weight is 414 g/mol. The van der Waals surface area contributed by atoms with E-state index < -0.39 is 18.1 Å². The number of phenols is 1. The van der Waals surface area contributed by atoms with Crippen molar-refractivity contribution in [2.75, 3.05) is 9.96 Å². The van der Waals surface area contributed by atoms with Gasteiger partial charge in [-0.2, -0.15) is 0 Å². The predicted octanol–water partition coefficient (Wildman–Crippen LogP) is 4.01. The molecule has 0 radical (unpaired) electrons. The number of carbonyl (C=O) groups excluding carboxylic acids is 2. The SMILES string of the molecule is CCc1ccc(N2C(=O)[C@@H]3[C@H](ON(c4ccccc4)[C@@H]3c3ccc(O)cc3)C2=O)cc1. The van der Waals surface area contributed by atoms with Crippen LogP contribution in [0.1, 0.15) is 24.1 Å². The van der Waals surface area contributed by atoms with Gasteiger partial charge >= 0.3 is 0 Å². The van der Waals surface area contributed by atoms with Gasteiger partial charge in [-0.25, -0.2) is 9.96 Å². The standard InChI is InChI=1S/C25H22N2O4/c1-2-16-8-12-18(13-9-16)26-24(29)21-22(17-10-14-20(28)15-11-17)27(31-23(21)25(26)30)19-6-4-3-5-7-19/h3-15,21-23,28H,2H2,1H3/t21-,22+,23-/m0/s1. The Kier molecular flexibility index (Phi) is 4.71. The van der Waals surface area contributed by atoms with Crippen molar-refractivity contribution in [2.24, 2.45) is 5.92 Å². The molecule has 6 heteroatoms. The lowest BCUT2D eigenvalue weighted by Crippen LogP contribution is -2.37. The van der Waals surface area contributed by atoms with E-state index >= 15 is 0 Å². The zero-order valence-electron chi connectivity index (χ0n) is 17.0. The van der Waals surface area contributed by atoms with Gasteiger partial charge in [-0.15, -0.1) is 0 Å². The summed E-state index contributed by atoms with van der Waals surface area (Å²) in [7, 11) is 0. The third-order valence-electron chi connectivity index (χ3n) is 5.96. The fourth-order valence-electron chi connectivity index (χ4n) is 4.36. The number of anilines is 2. The number of fused-ring (bicyclic) bond motifs is 1. The first-order valence-corrected chi connectivity index (χ1v) is 10.3. The van der Waals surface area contributed by atoms with Crippen LogP contribution in [-0.4, -0.2) is 23.0 Å². The Bertz CT molecular complexity index is 1110. The monoisotopic (exact) mass is 414 g/mol. The third kappa shape index (κ3) is 3.16. The van der Waals surface area contributed by atoms with E-state index in [1.165, 1.54) is 4.90 Å². The lowest BCUT2D eigenvalue weighted by Gasteiger charge is -2.28. The Labute approximate surface area is 180 Å². The molecule has 156 valence electrons. The summed E-state index contributed by atoms with van der Waals surface area (Å²) in [6, 6.07) is 23.1. The maximum absolute atomic E-state index is 13.5. The number of carbonyl (C=O) groups is 2. The van der Waals surface area contributed by atoms with Crippen LogP contribution in [0.15, 0.2) is 78.9 Å². The van der Waals surface area contributed by atoms with E-state index in [2.05, 4.69) is 6.92 Å². The molecule has 0 aliphatic carbocycles. The van der Waals surface area contributed by atoms with Crippen molar-refractivity contribution in [1.82, 2.24) is 0 Å². The summed E-state index contributed by atoms with van der Waals surface area (Å²) >= 11 is 0. The first kappa shape index (κ1) is 19.3. The molecule has 2 heterocycles. The molecule has 3 aromatic rings. The van der Waals surface area contributed by atoms with Crippen molar-refractivity contribution in [1.29, 1.82) is 0 Å². The Balaban J connectivity index is 1.56. The number of phenolic OH excluding ortho intramolecular Hbond substituents is 1. The normalized spacial score (nSPS) is 22.8. The van der Waals surface area contributed by atoms with E-state index in [0.29, 0.717) is 5.69 Å². The van der Waals surface area contributed by atoms with Crippen LogP contribution in [0.5, 0.6) is 5.75 Å². The number of para-hydroxylation sites is 1. The quantitative estimate of drug-likeness (QED) is 0.654. The van der Waals surface area contributed by atoms with Crippen LogP contribution in [0.2, 0.25) is 0 Å². The summed E-state index contributed by atoms with van der Waals surface area (Å²) in [5.74, 6) is -1.20. The van der Waals surface area contributed by atoms with Gasteiger partial charge in [0.05, 0.1) is 17.4 Å².